The summed E-state index contributed by atoms with van der Waals surface area (Å²) in [6, 6.07) is 8.93. The van der Waals surface area contributed by atoms with E-state index in [-0.39, 0.29) is 23.2 Å². The van der Waals surface area contributed by atoms with E-state index in [9.17, 15) is 18.0 Å². The molecule has 1 aromatic carbocycles. The van der Waals surface area contributed by atoms with Crippen LogP contribution in [0, 0.1) is 11.3 Å². The average molecular weight is 356 g/mol. The fraction of sp³-hybridized carbons (Fsp3) is 0.133. The summed E-state index contributed by atoms with van der Waals surface area (Å²) in [5, 5.41) is 10.5. The van der Waals surface area contributed by atoms with Gasteiger partial charge >= 0.3 is 6.18 Å². The van der Waals surface area contributed by atoms with Crippen LogP contribution in [-0.2, 0) is 11.0 Å². The van der Waals surface area contributed by atoms with Crippen LogP contribution in [0.25, 0.3) is 0 Å². The van der Waals surface area contributed by atoms with Gasteiger partial charge in [0.25, 0.3) is 0 Å². The van der Waals surface area contributed by atoms with E-state index in [0.29, 0.717) is 11.8 Å². The van der Waals surface area contributed by atoms with Crippen molar-refractivity contribution >= 4 is 23.2 Å². The monoisotopic (exact) mass is 355 g/mol. The van der Waals surface area contributed by atoms with E-state index in [2.05, 4.69) is 10.3 Å². The van der Waals surface area contributed by atoms with E-state index >= 15 is 0 Å². The van der Waals surface area contributed by atoms with E-state index < -0.39 is 17.6 Å². The molecule has 2 rings (SSSR count). The van der Waals surface area contributed by atoms with Crippen LogP contribution in [0.3, 0.4) is 0 Å². The van der Waals surface area contributed by atoms with Crippen LogP contribution < -0.4 is 10.1 Å². The summed E-state index contributed by atoms with van der Waals surface area (Å²) < 4.78 is 43.4. The molecule has 1 aromatic heterocycles. The number of alkyl halides is 3. The number of hydrogen-bond donors (Lipinski definition) is 1. The van der Waals surface area contributed by atoms with Crippen molar-refractivity contribution in [3.63, 3.8) is 0 Å². The van der Waals surface area contributed by atoms with Crippen LogP contribution in [0.2, 0.25) is 5.15 Å². The van der Waals surface area contributed by atoms with Crippen molar-refractivity contribution in [1.82, 2.24) is 4.98 Å². The number of hydrogen-bond acceptors (Lipinski definition) is 4. The molecule has 9 heteroatoms. The third-order valence-electron chi connectivity index (χ3n) is 2.70. The van der Waals surface area contributed by atoms with E-state index in [0.717, 1.165) is 6.07 Å². The average Bonchev–Trinajstić information content (AvgIpc) is 2.48. The molecule has 124 valence electrons. The molecule has 1 N–H and O–H groups in total. The summed E-state index contributed by atoms with van der Waals surface area (Å²) in [5.74, 6) is -0.579. The van der Waals surface area contributed by atoms with Gasteiger partial charge in [0.15, 0.2) is 0 Å². The number of nitriles is 1. The molecule has 0 spiro atoms. The van der Waals surface area contributed by atoms with Gasteiger partial charge < -0.3 is 10.1 Å². The molecule has 0 bridgehead atoms. The highest BCUT2D eigenvalue weighted by molar-refractivity contribution is 6.29. The number of benzene rings is 1. The van der Waals surface area contributed by atoms with Crippen LogP contribution >= 0.6 is 11.6 Å². The predicted molar refractivity (Wildman–Crippen MR) is 79.6 cm³/mol. The van der Waals surface area contributed by atoms with Gasteiger partial charge in [-0.3, -0.25) is 4.79 Å². The zero-order chi connectivity index (χ0) is 17.7. The summed E-state index contributed by atoms with van der Waals surface area (Å²) in [5.41, 5.74) is -0.560. The third kappa shape index (κ3) is 4.86. The van der Waals surface area contributed by atoms with E-state index in [1.165, 1.54) is 24.3 Å². The molecule has 0 aliphatic carbocycles. The standard InChI is InChI=1S/C15H9ClF3N3O2/c16-12-7-9(15(17,18)19)8-14(22-12)24-11-3-1-10(2-4-11)21-13(23)5-6-20/h1-4,7-8H,5H2,(H,21,23). The Bertz CT molecular complexity index is 786. The second-order valence-electron chi connectivity index (χ2n) is 4.52. The fourth-order valence-electron chi connectivity index (χ4n) is 1.69. The summed E-state index contributed by atoms with van der Waals surface area (Å²) in [4.78, 5) is 14.9. The lowest BCUT2D eigenvalue weighted by atomic mass is 10.2. The van der Waals surface area contributed by atoms with Gasteiger partial charge in [-0.15, -0.1) is 0 Å². The van der Waals surface area contributed by atoms with Crippen molar-refractivity contribution in [2.24, 2.45) is 0 Å². The number of aromatic nitrogens is 1. The lowest BCUT2D eigenvalue weighted by molar-refractivity contribution is -0.137. The van der Waals surface area contributed by atoms with Crippen molar-refractivity contribution in [2.45, 2.75) is 12.6 Å². The molecule has 1 amide bonds. The van der Waals surface area contributed by atoms with Gasteiger partial charge in [-0.25, -0.2) is 4.98 Å². The maximum atomic E-state index is 12.7. The number of pyridine rings is 1. The molecule has 5 nitrogen and oxygen atoms in total. The zero-order valence-corrected chi connectivity index (χ0v) is 12.6. The van der Waals surface area contributed by atoms with Crippen LogP contribution in [0.5, 0.6) is 11.6 Å². The van der Waals surface area contributed by atoms with Crippen molar-refractivity contribution in [2.75, 3.05) is 5.32 Å². The van der Waals surface area contributed by atoms with Crippen LogP contribution in [0.15, 0.2) is 36.4 Å². The number of ether oxygens (including phenoxy) is 1. The summed E-state index contributed by atoms with van der Waals surface area (Å²) in [7, 11) is 0. The number of carbonyl (C=O) groups is 1. The normalized spacial score (nSPS) is 10.8. The summed E-state index contributed by atoms with van der Waals surface area (Å²) >= 11 is 5.57. The Morgan fingerprint density at radius 2 is 1.96 bits per heavy atom. The van der Waals surface area contributed by atoms with Crippen LogP contribution in [0.1, 0.15) is 12.0 Å². The number of amides is 1. The molecule has 0 aliphatic rings. The smallest absolute Gasteiger partial charge is 0.416 e. The molecule has 0 atom stereocenters. The third-order valence-corrected chi connectivity index (χ3v) is 2.89. The Balaban J connectivity index is 2.13. The number of rotatable bonds is 4. The molecule has 24 heavy (non-hydrogen) atoms. The molecular formula is C15H9ClF3N3O2. The minimum Gasteiger partial charge on any atom is -0.439 e. The number of anilines is 1. The van der Waals surface area contributed by atoms with Crippen molar-refractivity contribution in [3.8, 4) is 17.7 Å². The Kier molecular flexibility index (Phi) is 5.26. The van der Waals surface area contributed by atoms with Gasteiger partial charge in [-0.1, -0.05) is 11.6 Å². The molecule has 2 aromatic rings. The van der Waals surface area contributed by atoms with Crippen LogP contribution in [-0.4, -0.2) is 10.9 Å². The van der Waals surface area contributed by atoms with E-state index in [1.807, 2.05) is 0 Å². The molecule has 0 radical (unpaired) electrons. The van der Waals surface area contributed by atoms with Gasteiger partial charge in [0, 0.05) is 11.8 Å². The van der Waals surface area contributed by atoms with Crippen molar-refractivity contribution in [1.29, 1.82) is 5.26 Å². The van der Waals surface area contributed by atoms with Gasteiger partial charge in [-0.05, 0) is 30.3 Å². The Morgan fingerprint density at radius 3 is 2.54 bits per heavy atom. The highest BCUT2D eigenvalue weighted by atomic mass is 35.5. The number of nitrogens with zero attached hydrogens (tertiary/aromatic N) is 2. The number of nitrogens with one attached hydrogen (secondary N) is 1. The van der Waals surface area contributed by atoms with E-state index in [4.69, 9.17) is 21.6 Å². The molecule has 0 unspecified atom stereocenters. The molecule has 0 saturated carbocycles. The second-order valence-corrected chi connectivity index (χ2v) is 4.91. The maximum Gasteiger partial charge on any atom is 0.416 e. The largest absolute Gasteiger partial charge is 0.439 e. The first-order chi connectivity index (χ1) is 11.3. The Morgan fingerprint density at radius 1 is 1.29 bits per heavy atom. The summed E-state index contributed by atoms with van der Waals surface area (Å²) in [6.07, 6.45) is -4.86. The molecular weight excluding hydrogens is 347 g/mol. The SMILES string of the molecule is N#CCC(=O)Nc1ccc(Oc2cc(C(F)(F)F)cc(Cl)n2)cc1. The van der Waals surface area contributed by atoms with Crippen molar-refractivity contribution < 1.29 is 22.7 Å². The minimum absolute atomic E-state index is 0.205. The first-order valence-corrected chi connectivity index (χ1v) is 6.85. The van der Waals surface area contributed by atoms with Crippen molar-refractivity contribution in [3.05, 3.63) is 47.1 Å². The highest BCUT2D eigenvalue weighted by Crippen LogP contribution is 2.33. The topological polar surface area (TPSA) is 75.0 Å². The van der Waals surface area contributed by atoms with Gasteiger partial charge in [-0.2, -0.15) is 18.4 Å². The van der Waals surface area contributed by atoms with Crippen LogP contribution in [0.4, 0.5) is 18.9 Å². The maximum absolute atomic E-state index is 12.7. The van der Waals surface area contributed by atoms with Gasteiger partial charge in [0.05, 0.1) is 11.6 Å². The molecule has 1 heterocycles. The van der Waals surface area contributed by atoms with E-state index in [1.54, 1.807) is 6.07 Å². The molecule has 0 fully saturated rings. The lowest BCUT2D eigenvalue weighted by Gasteiger charge is -2.10. The summed E-state index contributed by atoms with van der Waals surface area (Å²) in [6.45, 7) is 0. The van der Waals surface area contributed by atoms with Gasteiger partial charge in [0.1, 0.15) is 17.3 Å². The minimum atomic E-state index is -4.57. The molecule has 0 saturated heterocycles. The van der Waals surface area contributed by atoms with Gasteiger partial charge in [0.2, 0.25) is 11.8 Å². The lowest BCUT2D eigenvalue weighted by Crippen LogP contribution is -2.09. The Hall–Kier alpha value is -2.79. The predicted octanol–water partition coefficient (Wildman–Crippen LogP) is 4.40. The number of halogens is 4. The first kappa shape index (κ1) is 17.6. The molecule has 0 aliphatic heterocycles. The number of carbonyl (C=O) groups excluding carboxylic acids is 1. The highest BCUT2D eigenvalue weighted by Gasteiger charge is 2.31. The fourth-order valence-corrected chi connectivity index (χ4v) is 1.89. The quantitative estimate of drug-likeness (QED) is 0.825. The first-order valence-electron chi connectivity index (χ1n) is 6.47. The zero-order valence-electron chi connectivity index (χ0n) is 11.9. The second kappa shape index (κ2) is 7.19. The Labute approximate surface area is 139 Å².